The first-order chi connectivity index (χ1) is 12.0. The molecule has 6 nitrogen and oxygen atoms in total. The Balaban J connectivity index is 1.73. The van der Waals surface area contributed by atoms with Crippen LogP contribution in [0.15, 0.2) is 24.3 Å². The number of carbonyl (C=O) groups is 2. The van der Waals surface area contributed by atoms with Gasteiger partial charge in [-0.15, -0.1) is 0 Å². The minimum Gasteiger partial charge on any atom is -0.452 e. The Morgan fingerprint density at radius 2 is 2.08 bits per heavy atom. The maximum absolute atomic E-state index is 12.5. The minimum atomic E-state index is -0.511. The molecule has 0 aliphatic carbocycles. The number of carbonyl (C=O) groups excluding carboxylic acids is 2. The van der Waals surface area contributed by atoms with Gasteiger partial charge in [0.05, 0.1) is 29.5 Å². The first-order valence-electron chi connectivity index (χ1n) is 8.40. The SMILES string of the molecule is Cc1nc2ccccc2c(C)c1C(=O)OCC(=O)N1CCOC(C)C1. The highest BCUT2D eigenvalue weighted by atomic mass is 16.5. The van der Waals surface area contributed by atoms with Crippen LogP contribution in [0.1, 0.15) is 28.5 Å². The van der Waals surface area contributed by atoms with Crippen molar-refractivity contribution in [1.82, 2.24) is 9.88 Å². The van der Waals surface area contributed by atoms with Crippen LogP contribution in [-0.4, -0.2) is 54.2 Å². The number of aromatic nitrogens is 1. The Morgan fingerprint density at radius 1 is 1.32 bits per heavy atom. The Kier molecular flexibility index (Phi) is 4.99. The van der Waals surface area contributed by atoms with Gasteiger partial charge in [-0.2, -0.15) is 0 Å². The molecular formula is C19H22N2O4. The lowest BCUT2D eigenvalue weighted by molar-refractivity contribution is -0.141. The zero-order valence-corrected chi connectivity index (χ0v) is 14.7. The highest BCUT2D eigenvalue weighted by Crippen LogP contribution is 2.23. The van der Waals surface area contributed by atoms with Crippen molar-refractivity contribution in [2.75, 3.05) is 26.3 Å². The summed E-state index contributed by atoms with van der Waals surface area (Å²) in [5.74, 6) is -0.713. The molecule has 1 unspecified atom stereocenters. The number of aryl methyl sites for hydroxylation is 2. The highest BCUT2D eigenvalue weighted by Gasteiger charge is 2.24. The van der Waals surface area contributed by atoms with Crippen LogP contribution in [0, 0.1) is 13.8 Å². The Morgan fingerprint density at radius 3 is 2.84 bits per heavy atom. The fourth-order valence-electron chi connectivity index (χ4n) is 3.17. The van der Waals surface area contributed by atoms with Crippen molar-refractivity contribution in [3.8, 4) is 0 Å². The molecular weight excluding hydrogens is 320 g/mol. The van der Waals surface area contributed by atoms with Gasteiger partial charge in [-0.25, -0.2) is 4.79 Å². The molecule has 25 heavy (non-hydrogen) atoms. The second kappa shape index (κ2) is 7.19. The van der Waals surface area contributed by atoms with E-state index in [0.29, 0.717) is 31.0 Å². The standard InChI is InChI=1S/C19H22N2O4/c1-12-10-21(8-9-24-12)17(22)11-25-19(23)18-13(2)15-6-4-5-7-16(15)20-14(18)3/h4-7,12H,8-11H2,1-3H3. The van der Waals surface area contributed by atoms with E-state index >= 15 is 0 Å². The Labute approximate surface area is 146 Å². The molecule has 1 aliphatic heterocycles. The normalized spacial score (nSPS) is 17.6. The number of esters is 1. The molecule has 132 valence electrons. The summed E-state index contributed by atoms with van der Waals surface area (Å²) in [6.07, 6.45) is 0.00239. The molecule has 1 saturated heterocycles. The van der Waals surface area contributed by atoms with Gasteiger partial charge in [-0.1, -0.05) is 18.2 Å². The maximum Gasteiger partial charge on any atom is 0.340 e. The molecule has 0 bridgehead atoms. The molecule has 6 heteroatoms. The third-order valence-corrected chi connectivity index (χ3v) is 4.46. The van der Waals surface area contributed by atoms with Gasteiger partial charge in [-0.3, -0.25) is 9.78 Å². The number of para-hydroxylation sites is 1. The number of amides is 1. The molecule has 0 radical (unpaired) electrons. The molecule has 1 atom stereocenters. The van der Waals surface area contributed by atoms with E-state index in [1.54, 1.807) is 11.8 Å². The van der Waals surface area contributed by atoms with Gasteiger partial charge in [0, 0.05) is 18.5 Å². The fourth-order valence-corrected chi connectivity index (χ4v) is 3.17. The van der Waals surface area contributed by atoms with Crippen molar-refractivity contribution in [3.05, 3.63) is 41.1 Å². The van der Waals surface area contributed by atoms with E-state index in [1.165, 1.54) is 0 Å². The molecule has 1 aromatic heterocycles. The average Bonchev–Trinajstić information content (AvgIpc) is 2.59. The van der Waals surface area contributed by atoms with Crippen LogP contribution in [-0.2, 0) is 14.3 Å². The fraction of sp³-hybridized carbons (Fsp3) is 0.421. The van der Waals surface area contributed by atoms with Crippen LogP contribution in [0.5, 0.6) is 0 Å². The number of pyridine rings is 1. The largest absolute Gasteiger partial charge is 0.452 e. The molecule has 3 rings (SSSR count). The van der Waals surface area contributed by atoms with Gasteiger partial charge in [-0.05, 0) is 32.4 Å². The molecule has 0 spiro atoms. The number of hydrogen-bond donors (Lipinski definition) is 0. The average molecular weight is 342 g/mol. The summed E-state index contributed by atoms with van der Waals surface area (Å²) in [5, 5.41) is 0.911. The number of ether oxygens (including phenoxy) is 2. The van der Waals surface area contributed by atoms with E-state index in [-0.39, 0.29) is 18.6 Å². The second-order valence-electron chi connectivity index (χ2n) is 6.31. The van der Waals surface area contributed by atoms with Crippen LogP contribution in [0.3, 0.4) is 0 Å². The van der Waals surface area contributed by atoms with E-state index in [0.717, 1.165) is 16.5 Å². The smallest absolute Gasteiger partial charge is 0.340 e. The van der Waals surface area contributed by atoms with E-state index in [4.69, 9.17) is 9.47 Å². The predicted octanol–water partition coefficient (Wildman–Crippen LogP) is 2.26. The number of rotatable bonds is 3. The number of hydrogen-bond acceptors (Lipinski definition) is 5. The van der Waals surface area contributed by atoms with Crippen molar-refractivity contribution in [2.45, 2.75) is 26.9 Å². The van der Waals surface area contributed by atoms with Crippen molar-refractivity contribution in [3.63, 3.8) is 0 Å². The number of fused-ring (bicyclic) bond motifs is 1. The predicted molar refractivity (Wildman–Crippen MR) is 93.5 cm³/mol. The summed E-state index contributed by atoms with van der Waals surface area (Å²) in [7, 11) is 0. The summed E-state index contributed by atoms with van der Waals surface area (Å²) in [6.45, 7) is 6.85. The van der Waals surface area contributed by atoms with Gasteiger partial charge in [0.1, 0.15) is 0 Å². The molecule has 0 saturated carbocycles. The third-order valence-electron chi connectivity index (χ3n) is 4.46. The third kappa shape index (κ3) is 3.64. The Hall–Kier alpha value is -2.47. The highest BCUT2D eigenvalue weighted by molar-refractivity contribution is 5.99. The molecule has 1 fully saturated rings. The number of morpholine rings is 1. The van der Waals surface area contributed by atoms with Crippen molar-refractivity contribution in [2.24, 2.45) is 0 Å². The van der Waals surface area contributed by atoms with E-state index < -0.39 is 5.97 Å². The van der Waals surface area contributed by atoms with Gasteiger partial charge in [0.15, 0.2) is 6.61 Å². The topological polar surface area (TPSA) is 68.7 Å². The van der Waals surface area contributed by atoms with Crippen LogP contribution in [0.4, 0.5) is 0 Å². The molecule has 1 aliphatic rings. The van der Waals surface area contributed by atoms with Crippen molar-refractivity contribution < 1.29 is 19.1 Å². The monoisotopic (exact) mass is 342 g/mol. The van der Waals surface area contributed by atoms with Gasteiger partial charge < -0.3 is 14.4 Å². The van der Waals surface area contributed by atoms with E-state index in [2.05, 4.69) is 4.98 Å². The van der Waals surface area contributed by atoms with Gasteiger partial charge in [0.25, 0.3) is 5.91 Å². The molecule has 2 aromatic rings. The zero-order chi connectivity index (χ0) is 18.0. The summed E-state index contributed by atoms with van der Waals surface area (Å²) in [4.78, 5) is 30.9. The minimum absolute atomic E-state index is 0.00239. The molecule has 2 heterocycles. The van der Waals surface area contributed by atoms with E-state index in [1.807, 2.05) is 38.1 Å². The molecule has 1 amide bonds. The summed E-state index contributed by atoms with van der Waals surface area (Å²) in [5.41, 5.74) is 2.70. The first-order valence-corrected chi connectivity index (χ1v) is 8.40. The zero-order valence-electron chi connectivity index (χ0n) is 14.7. The summed E-state index contributed by atoms with van der Waals surface area (Å²) < 4.78 is 10.7. The molecule has 0 N–H and O–H groups in total. The molecule has 1 aromatic carbocycles. The van der Waals surface area contributed by atoms with Crippen LogP contribution < -0.4 is 0 Å². The van der Waals surface area contributed by atoms with Crippen molar-refractivity contribution in [1.29, 1.82) is 0 Å². The number of benzene rings is 1. The van der Waals surface area contributed by atoms with Crippen LogP contribution >= 0.6 is 0 Å². The lowest BCUT2D eigenvalue weighted by Gasteiger charge is -2.30. The first kappa shape index (κ1) is 17.4. The quantitative estimate of drug-likeness (QED) is 0.800. The maximum atomic E-state index is 12.5. The van der Waals surface area contributed by atoms with Crippen LogP contribution in [0.2, 0.25) is 0 Å². The lowest BCUT2D eigenvalue weighted by Crippen LogP contribution is -2.46. The van der Waals surface area contributed by atoms with Gasteiger partial charge >= 0.3 is 5.97 Å². The summed E-state index contributed by atoms with van der Waals surface area (Å²) in [6, 6.07) is 7.65. The second-order valence-corrected chi connectivity index (χ2v) is 6.31. The van der Waals surface area contributed by atoms with E-state index in [9.17, 15) is 9.59 Å². The van der Waals surface area contributed by atoms with Crippen LogP contribution in [0.25, 0.3) is 10.9 Å². The Bertz CT molecular complexity index is 818. The van der Waals surface area contributed by atoms with Gasteiger partial charge in [0.2, 0.25) is 0 Å². The lowest BCUT2D eigenvalue weighted by atomic mass is 10.0. The number of nitrogens with zero attached hydrogens (tertiary/aromatic N) is 2. The van der Waals surface area contributed by atoms with Crippen molar-refractivity contribution >= 4 is 22.8 Å². The summed E-state index contributed by atoms with van der Waals surface area (Å²) >= 11 is 0.